The molecule has 0 aliphatic carbocycles. The van der Waals surface area contributed by atoms with Gasteiger partial charge in [-0.15, -0.1) is 0 Å². The number of hydrogen-bond donors (Lipinski definition) is 1. The lowest BCUT2D eigenvalue weighted by atomic mass is 10.00. The zero-order chi connectivity index (χ0) is 10.7. The molecule has 0 bridgehead atoms. The van der Waals surface area contributed by atoms with Crippen molar-refractivity contribution in [2.24, 2.45) is 5.73 Å². The monoisotopic (exact) mass is 204 g/mol. The zero-order valence-electron chi connectivity index (χ0n) is 8.94. The molecule has 3 nitrogen and oxygen atoms in total. The number of hydrogen-bond acceptors (Lipinski definition) is 3. The van der Waals surface area contributed by atoms with Gasteiger partial charge in [0.05, 0.1) is 12.6 Å². The molecule has 0 saturated heterocycles. The summed E-state index contributed by atoms with van der Waals surface area (Å²) >= 11 is 0. The highest BCUT2D eigenvalue weighted by molar-refractivity contribution is 5.31. The van der Waals surface area contributed by atoms with E-state index in [0.29, 0.717) is 0 Å². The Hall–Kier alpha value is -1.35. The lowest BCUT2D eigenvalue weighted by Gasteiger charge is -2.16. The predicted octanol–water partition coefficient (Wildman–Crippen LogP) is 1.95. The van der Waals surface area contributed by atoms with Gasteiger partial charge in [-0.3, -0.25) is 4.98 Å². The van der Waals surface area contributed by atoms with Crippen molar-refractivity contribution in [3.05, 3.63) is 41.4 Å². The third-order valence-electron chi connectivity index (χ3n) is 2.70. The van der Waals surface area contributed by atoms with E-state index in [4.69, 9.17) is 10.5 Å². The molecule has 2 N–H and O–H groups in total. The van der Waals surface area contributed by atoms with E-state index in [-0.39, 0.29) is 6.04 Å². The normalized spacial score (nSPS) is 17.1. The number of aryl methyl sites for hydroxylation is 1. The standard InChI is InChI=1S/C12H16N2O/c1-2-9-8-14-6-5-10(9)12(13)11-4-3-7-15-11/h4-6,8,12H,2-3,7,13H2,1H3. The Balaban J connectivity index is 2.27. The molecule has 1 aromatic rings. The van der Waals surface area contributed by atoms with Gasteiger partial charge in [-0.25, -0.2) is 0 Å². The molecule has 1 aliphatic rings. The Morgan fingerprint density at radius 1 is 1.60 bits per heavy atom. The maximum Gasteiger partial charge on any atom is 0.113 e. The van der Waals surface area contributed by atoms with E-state index in [1.54, 1.807) is 6.20 Å². The molecule has 80 valence electrons. The molecule has 0 spiro atoms. The van der Waals surface area contributed by atoms with Crippen LogP contribution < -0.4 is 5.73 Å². The summed E-state index contributed by atoms with van der Waals surface area (Å²) in [6, 6.07) is 1.84. The van der Waals surface area contributed by atoms with Crippen molar-refractivity contribution in [2.75, 3.05) is 6.61 Å². The van der Waals surface area contributed by atoms with E-state index < -0.39 is 0 Å². The van der Waals surface area contributed by atoms with Gasteiger partial charge in [0.25, 0.3) is 0 Å². The van der Waals surface area contributed by atoms with Crippen molar-refractivity contribution in [2.45, 2.75) is 25.8 Å². The Labute approximate surface area is 90.0 Å². The van der Waals surface area contributed by atoms with E-state index in [0.717, 1.165) is 30.8 Å². The van der Waals surface area contributed by atoms with Gasteiger partial charge in [0, 0.05) is 18.8 Å². The second kappa shape index (κ2) is 4.45. The van der Waals surface area contributed by atoms with E-state index in [1.807, 2.05) is 12.3 Å². The van der Waals surface area contributed by atoms with Crippen molar-refractivity contribution < 1.29 is 4.74 Å². The van der Waals surface area contributed by atoms with Crippen LogP contribution in [0.25, 0.3) is 0 Å². The average molecular weight is 204 g/mol. The molecule has 1 aromatic heterocycles. The van der Waals surface area contributed by atoms with Crippen molar-refractivity contribution >= 4 is 0 Å². The fourth-order valence-corrected chi connectivity index (χ4v) is 1.84. The van der Waals surface area contributed by atoms with E-state index in [2.05, 4.69) is 18.0 Å². The number of rotatable bonds is 3. The largest absolute Gasteiger partial charge is 0.496 e. The third kappa shape index (κ3) is 2.02. The fraction of sp³-hybridized carbons (Fsp3) is 0.417. The van der Waals surface area contributed by atoms with Gasteiger partial charge in [-0.1, -0.05) is 6.92 Å². The van der Waals surface area contributed by atoms with Crippen LogP contribution in [-0.4, -0.2) is 11.6 Å². The Kier molecular flexibility index (Phi) is 3.02. The highest BCUT2D eigenvalue weighted by atomic mass is 16.5. The van der Waals surface area contributed by atoms with Gasteiger partial charge < -0.3 is 10.5 Å². The molecule has 1 aliphatic heterocycles. The summed E-state index contributed by atoms with van der Waals surface area (Å²) in [7, 11) is 0. The topological polar surface area (TPSA) is 48.1 Å². The zero-order valence-corrected chi connectivity index (χ0v) is 8.94. The Morgan fingerprint density at radius 3 is 3.13 bits per heavy atom. The van der Waals surface area contributed by atoms with Gasteiger partial charge >= 0.3 is 0 Å². The molecular weight excluding hydrogens is 188 g/mol. The van der Waals surface area contributed by atoms with Gasteiger partial charge in [-0.05, 0) is 29.7 Å². The van der Waals surface area contributed by atoms with Crippen LogP contribution in [0.4, 0.5) is 0 Å². The molecular formula is C12H16N2O. The van der Waals surface area contributed by atoms with Crippen LogP contribution in [-0.2, 0) is 11.2 Å². The first-order valence-corrected chi connectivity index (χ1v) is 5.34. The summed E-state index contributed by atoms with van der Waals surface area (Å²) in [6.07, 6.45) is 7.65. The van der Waals surface area contributed by atoms with Gasteiger partial charge in [0.1, 0.15) is 5.76 Å². The molecule has 0 saturated carbocycles. The third-order valence-corrected chi connectivity index (χ3v) is 2.70. The SMILES string of the molecule is CCc1cnccc1C(N)C1=CCCO1. The number of nitrogens with zero attached hydrogens (tertiary/aromatic N) is 1. The summed E-state index contributed by atoms with van der Waals surface area (Å²) < 4.78 is 5.48. The smallest absolute Gasteiger partial charge is 0.113 e. The van der Waals surface area contributed by atoms with E-state index >= 15 is 0 Å². The van der Waals surface area contributed by atoms with Crippen molar-refractivity contribution in [3.8, 4) is 0 Å². The minimum atomic E-state index is -0.134. The molecule has 1 atom stereocenters. The molecule has 0 radical (unpaired) electrons. The molecule has 2 heterocycles. The van der Waals surface area contributed by atoms with Crippen LogP contribution in [0.5, 0.6) is 0 Å². The van der Waals surface area contributed by atoms with Gasteiger partial charge in [0.2, 0.25) is 0 Å². The number of pyridine rings is 1. The summed E-state index contributed by atoms with van der Waals surface area (Å²) in [6.45, 7) is 2.87. The molecule has 3 heteroatoms. The maximum atomic E-state index is 6.16. The Bertz CT molecular complexity index is 374. The highest BCUT2D eigenvalue weighted by Crippen LogP contribution is 2.26. The molecule has 15 heavy (non-hydrogen) atoms. The van der Waals surface area contributed by atoms with Gasteiger partial charge in [0.15, 0.2) is 0 Å². The van der Waals surface area contributed by atoms with Crippen LogP contribution in [0.2, 0.25) is 0 Å². The van der Waals surface area contributed by atoms with Crippen LogP contribution in [0.3, 0.4) is 0 Å². The summed E-state index contributed by atoms with van der Waals surface area (Å²) in [5.41, 5.74) is 8.48. The summed E-state index contributed by atoms with van der Waals surface area (Å²) in [5, 5.41) is 0. The minimum absolute atomic E-state index is 0.134. The maximum absolute atomic E-state index is 6.16. The van der Waals surface area contributed by atoms with Crippen LogP contribution in [0.15, 0.2) is 30.3 Å². The number of nitrogens with two attached hydrogens (primary N) is 1. The molecule has 0 fully saturated rings. The summed E-state index contributed by atoms with van der Waals surface area (Å²) in [4.78, 5) is 4.11. The fourth-order valence-electron chi connectivity index (χ4n) is 1.84. The van der Waals surface area contributed by atoms with Crippen LogP contribution in [0.1, 0.15) is 30.5 Å². The molecule has 1 unspecified atom stereocenters. The second-order valence-electron chi connectivity index (χ2n) is 3.65. The number of ether oxygens (including phenoxy) is 1. The summed E-state index contributed by atoms with van der Waals surface area (Å²) in [5.74, 6) is 0.899. The van der Waals surface area contributed by atoms with E-state index in [1.165, 1.54) is 5.56 Å². The van der Waals surface area contributed by atoms with Crippen molar-refractivity contribution in [1.29, 1.82) is 0 Å². The van der Waals surface area contributed by atoms with Crippen molar-refractivity contribution in [3.63, 3.8) is 0 Å². The lowest BCUT2D eigenvalue weighted by Crippen LogP contribution is -2.15. The Morgan fingerprint density at radius 2 is 2.47 bits per heavy atom. The second-order valence-corrected chi connectivity index (χ2v) is 3.65. The van der Waals surface area contributed by atoms with Crippen LogP contribution in [0, 0.1) is 0 Å². The molecule has 0 aromatic carbocycles. The quantitative estimate of drug-likeness (QED) is 0.818. The first kappa shape index (κ1) is 10.2. The first-order chi connectivity index (χ1) is 7.33. The van der Waals surface area contributed by atoms with E-state index in [9.17, 15) is 0 Å². The van der Waals surface area contributed by atoms with Crippen LogP contribution >= 0.6 is 0 Å². The lowest BCUT2D eigenvalue weighted by molar-refractivity contribution is 0.225. The average Bonchev–Trinajstić information content (AvgIpc) is 2.81. The predicted molar refractivity (Wildman–Crippen MR) is 59.2 cm³/mol. The molecule has 2 rings (SSSR count). The molecule has 0 amide bonds. The first-order valence-electron chi connectivity index (χ1n) is 5.34. The highest BCUT2D eigenvalue weighted by Gasteiger charge is 2.18. The minimum Gasteiger partial charge on any atom is -0.496 e. The van der Waals surface area contributed by atoms with Gasteiger partial charge in [-0.2, -0.15) is 0 Å². The van der Waals surface area contributed by atoms with Crippen molar-refractivity contribution in [1.82, 2.24) is 4.98 Å². The number of aromatic nitrogens is 1.